The third-order valence-corrected chi connectivity index (χ3v) is 3.47. The first-order chi connectivity index (χ1) is 9.34. The number of hydrogen-bond donors (Lipinski definition) is 3. The van der Waals surface area contributed by atoms with Gasteiger partial charge in [-0.25, -0.2) is 13.9 Å². The van der Waals surface area contributed by atoms with E-state index in [4.69, 9.17) is 5.11 Å². The molecular weight excluding hydrogens is 287 g/mol. The molecule has 3 N–H and O–H groups in total. The summed E-state index contributed by atoms with van der Waals surface area (Å²) in [6.07, 6.45) is 2.21. The summed E-state index contributed by atoms with van der Waals surface area (Å²) in [6.45, 7) is 1.62. The summed E-state index contributed by atoms with van der Waals surface area (Å²) in [7, 11) is -3.66. The lowest BCUT2D eigenvalue weighted by molar-refractivity contribution is -0.131. The minimum Gasteiger partial charge on any atom is -0.478 e. The van der Waals surface area contributed by atoms with Crippen molar-refractivity contribution in [3.05, 3.63) is 41.2 Å². The van der Waals surface area contributed by atoms with Crippen LogP contribution in [0, 0.1) is 5.82 Å². The molecule has 0 aliphatic rings. The van der Waals surface area contributed by atoms with Crippen LogP contribution in [0.4, 0.5) is 4.39 Å². The SMILES string of the molecule is CCNS(=O)(=O)NCc1cc(/C=C/C(=O)O)ccc1F. The molecule has 0 amide bonds. The van der Waals surface area contributed by atoms with Crippen LogP contribution in [-0.2, 0) is 21.5 Å². The number of halogens is 1. The number of carboxylic acid groups (broad SMARTS) is 1. The van der Waals surface area contributed by atoms with Gasteiger partial charge in [-0.15, -0.1) is 0 Å². The molecule has 0 aliphatic carbocycles. The van der Waals surface area contributed by atoms with E-state index in [0.717, 1.165) is 12.1 Å². The Morgan fingerprint density at radius 3 is 2.70 bits per heavy atom. The highest BCUT2D eigenvalue weighted by Gasteiger charge is 2.09. The van der Waals surface area contributed by atoms with Gasteiger partial charge >= 0.3 is 5.97 Å². The average molecular weight is 302 g/mol. The summed E-state index contributed by atoms with van der Waals surface area (Å²) >= 11 is 0. The highest BCUT2D eigenvalue weighted by Crippen LogP contribution is 2.12. The van der Waals surface area contributed by atoms with Crippen molar-refractivity contribution in [2.45, 2.75) is 13.5 Å². The highest BCUT2D eigenvalue weighted by atomic mass is 32.2. The third kappa shape index (κ3) is 5.47. The fourth-order valence-corrected chi connectivity index (χ4v) is 2.24. The van der Waals surface area contributed by atoms with Crippen molar-refractivity contribution in [1.82, 2.24) is 9.44 Å². The minimum atomic E-state index is -3.66. The van der Waals surface area contributed by atoms with Crippen LogP contribution in [0.2, 0.25) is 0 Å². The van der Waals surface area contributed by atoms with Crippen LogP contribution in [0.3, 0.4) is 0 Å². The summed E-state index contributed by atoms with van der Waals surface area (Å²) in [6, 6.07) is 3.93. The number of aliphatic carboxylic acids is 1. The summed E-state index contributed by atoms with van der Waals surface area (Å²) in [5.74, 6) is -1.69. The first kappa shape index (κ1) is 16.3. The molecule has 110 valence electrons. The minimum absolute atomic E-state index is 0.124. The lowest BCUT2D eigenvalue weighted by Crippen LogP contribution is -2.36. The zero-order valence-electron chi connectivity index (χ0n) is 10.8. The maximum atomic E-state index is 13.5. The van der Waals surface area contributed by atoms with Gasteiger partial charge in [-0.2, -0.15) is 13.1 Å². The van der Waals surface area contributed by atoms with Crippen LogP contribution in [0.15, 0.2) is 24.3 Å². The number of carbonyl (C=O) groups is 1. The van der Waals surface area contributed by atoms with Crippen LogP contribution >= 0.6 is 0 Å². The number of benzene rings is 1. The van der Waals surface area contributed by atoms with E-state index in [1.165, 1.54) is 18.2 Å². The Morgan fingerprint density at radius 2 is 2.10 bits per heavy atom. The van der Waals surface area contributed by atoms with Crippen LogP contribution in [0.5, 0.6) is 0 Å². The lowest BCUT2D eigenvalue weighted by atomic mass is 10.1. The fourth-order valence-electron chi connectivity index (χ4n) is 1.42. The monoisotopic (exact) mass is 302 g/mol. The molecule has 0 saturated carbocycles. The fraction of sp³-hybridized carbons (Fsp3) is 0.250. The van der Waals surface area contributed by atoms with Crippen molar-refractivity contribution in [2.75, 3.05) is 6.54 Å². The summed E-state index contributed by atoms with van der Waals surface area (Å²) < 4.78 is 40.7. The Balaban J connectivity index is 2.84. The predicted molar refractivity (Wildman–Crippen MR) is 72.5 cm³/mol. The van der Waals surface area contributed by atoms with Gasteiger partial charge in [0, 0.05) is 24.7 Å². The van der Waals surface area contributed by atoms with Gasteiger partial charge in [0.1, 0.15) is 5.82 Å². The normalized spacial score (nSPS) is 11.9. The molecule has 0 unspecified atom stereocenters. The zero-order chi connectivity index (χ0) is 15.2. The topological polar surface area (TPSA) is 95.5 Å². The molecule has 0 bridgehead atoms. The molecule has 0 spiro atoms. The van der Waals surface area contributed by atoms with Crippen molar-refractivity contribution in [2.24, 2.45) is 0 Å². The number of hydrogen-bond acceptors (Lipinski definition) is 3. The van der Waals surface area contributed by atoms with Gasteiger partial charge < -0.3 is 5.11 Å². The first-order valence-electron chi connectivity index (χ1n) is 5.77. The zero-order valence-corrected chi connectivity index (χ0v) is 11.6. The van der Waals surface area contributed by atoms with Crippen LogP contribution in [0.25, 0.3) is 6.08 Å². The van der Waals surface area contributed by atoms with Gasteiger partial charge in [-0.1, -0.05) is 13.0 Å². The predicted octanol–water partition coefficient (Wildman–Crippen LogP) is 0.867. The van der Waals surface area contributed by atoms with Crippen LogP contribution in [0.1, 0.15) is 18.1 Å². The smallest absolute Gasteiger partial charge is 0.328 e. The van der Waals surface area contributed by atoms with Gasteiger partial charge in [-0.3, -0.25) is 0 Å². The molecule has 0 atom stereocenters. The standard InChI is InChI=1S/C12H15FN2O4S/c1-2-14-20(18,19)15-8-10-7-9(3-5-11(10)13)4-6-12(16)17/h3-7,14-15H,2,8H2,1H3,(H,16,17)/b6-4+. The lowest BCUT2D eigenvalue weighted by Gasteiger charge is -2.08. The van der Waals surface area contributed by atoms with Gasteiger partial charge in [-0.05, 0) is 23.8 Å². The van der Waals surface area contributed by atoms with E-state index in [9.17, 15) is 17.6 Å². The number of rotatable bonds is 7. The van der Waals surface area contributed by atoms with E-state index >= 15 is 0 Å². The molecule has 0 aromatic heterocycles. The van der Waals surface area contributed by atoms with Crippen molar-refractivity contribution in [1.29, 1.82) is 0 Å². The van der Waals surface area contributed by atoms with Crippen molar-refractivity contribution in [3.63, 3.8) is 0 Å². The first-order valence-corrected chi connectivity index (χ1v) is 7.26. The van der Waals surface area contributed by atoms with Gasteiger partial charge in [0.05, 0.1) is 0 Å². The summed E-state index contributed by atoms with van der Waals surface area (Å²) in [5.41, 5.74) is 0.588. The van der Waals surface area contributed by atoms with Crippen molar-refractivity contribution < 1.29 is 22.7 Å². The maximum absolute atomic E-state index is 13.5. The molecule has 6 nitrogen and oxygen atoms in total. The van der Waals surface area contributed by atoms with E-state index in [1.807, 2.05) is 0 Å². The maximum Gasteiger partial charge on any atom is 0.328 e. The molecule has 0 fully saturated rings. The molecule has 8 heteroatoms. The molecule has 20 heavy (non-hydrogen) atoms. The second-order valence-electron chi connectivity index (χ2n) is 3.84. The second kappa shape index (κ2) is 7.13. The average Bonchev–Trinajstić information content (AvgIpc) is 2.36. The van der Waals surface area contributed by atoms with Crippen molar-refractivity contribution >= 4 is 22.3 Å². The Hall–Kier alpha value is -1.77. The Labute approximate surface area is 116 Å². The van der Waals surface area contributed by atoms with Gasteiger partial charge in [0.25, 0.3) is 10.2 Å². The number of carboxylic acids is 1. The van der Waals surface area contributed by atoms with E-state index in [-0.39, 0.29) is 18.7 Å². The molecular formula is C12H15FN2O4S. The Kier molecular flexibility index (Phi) is 5.81. The van der Waals surface area contributed by atoms with Crippen LogP contribution < -0.4 is 9.44 Å². The molecule has 0 saturated heterocycles. The molecule has 0 aliphatic heterocycles. The van der Waals surface area contributed by atoms with Crippen LogP contribution in [-0.4, -0.2) is 26.0 Å². The Morgan fingerprint density at radius 1 is 1.40 bits per heavy atom. The van der Waals surface area contributed by atoms with Gasteiger partial charge in [0.15, 0.2) is 0 Å². The third-order valence-electron chi connectivity index (χ3n) is 2.28. The van der Waals surface area contributed by atoms with Gasteiger partial charge in [0.2, 0.25) is 0 Å². The molecule has 1 aromatic rings. The molecule has 1 aromatic carbocycles. The molecule has 1 rings (SSSR count). The number of nitrogens with one attached hydrogen (secondary N) is 2. The van der Waals surface area contributed by atoms with E-state index in [0.29, 0.717) is 5.56 Å². The second-order valence-corrected chi connectivity index (χ2v) is 5.43. The molecule has 0 heterocycles. The van der Waals surface area contributed by atoms with Crippen molar-refractivity contribution in [3.8, 4) is 0 Å². The summed E-state index contributed by atoms with van der Waals surface area (Å²) in [4.78, 5) is 10.4. The summed E-state index contributed by atoms with van der Waals surface area (Å²) in [5, 5.41) is 8.51. The van der Waals surface area contributed by atoms with E-state index in [2.05, 4.69) is 9.44 Å². The van der Waals surface area contributed by atoms with E-state index in [1.54, 1.807) is 6.92 Å². The molecule has 0 radical (unpaired) electrons. The quantitative estimate of drug-likeness (QED) is 0.651. The largest absolute Gasteiger partial charge is 0.478 e. The highest BCUT2D eigenvalue weighted by molar-refractivity contribution is 7.87. The van der Waals surface area contributed by atoms with E-state index < -0.39 is 22.0 Å². The Bertz CT molecular complexity index is 614.